The lowest BCUT2D eigenvalue weighted by Crippen LogP contribution is -2.30. The first-order valence-corrected chi connectivity index (χ1v) is 7.95. The van der Waals surface area contributed by atoms with Gasteiger partial charge in [-0.15, -0.1) is 11.8 Å². The van der Waals surface area contributed by atoms with Crippen molar-refractivity contribution in [3.05, 3.63) is 71.0 Å². The molecule has 2 nitrogen and oxygen atoms in total. The molecular weight excluding hydrogens is 285 g/mol. The van der Waals surface area contributed by atoms with Gasteiger partial charge in [0, 0.05) is 17.9 Å². The summed E-state index contributed by atoms with van der Waals surface area (Å²) in [5, 5.41) is -0.0299. The predicted octanol–water partition coefficient (Wildman–Crippen LogP) is 4.02. The summed E-state index contributed by atoms with van der Waals surface area (Å²) in [5.74, 6) is 0.700. The SMILES string of the molecule is Cc1ccccc1C(=O)N1CCS[C@H]1c1ccc(F)cc1. The van der Waals surface area contributed by atoms with E-state index in [1.807, 2.05) is 36.1 Å². The van der Waals surface area contributed by atoms with Crippen molar-refractivity contribution < 1.29 is 9.18 Å². The number of amides is 1. The van der Waals surface area contributed by atoms with Crippen molar-refractivity contribution in [2.45, 2.75) is 12.3 Å². The maximum atomic E-state index is 13.1. The van der Waals surface area contributed by atoms with Gasteiger partial charge < -0.3 is 4.90 Å². The number of hydrogen-bond acceptors (Lipinski definition) is 2. The third kappa shape index (κ3) is 2.81. The minimum atomic E-state index is -0.251. The van der Waals surface area contributed by atoms with Gasteiger partial charge in [0.2, 0.25) is 0 Å². The number of aryl methyl sites for hydroxylation is 1. The molecule has 0 aromatic heterocycles. The lowest BCUT2D eigenvalue weighted by Gasteiger charge is -2.25. The summed E-state index contributed by atoms with van der Waals surface area (Å²) in [7, 11) is 0. The third-order valence-electron chi connectivity index (χ3n) is 3.68. The number of halogens is 1. The van der Waals surface area contributed by atoms with Crippen molar-refractivity contribution in [1.29, 1.82) is 0 Å². The molecule has 1 amide bonds. The fraction of sp³-hybridized carbons (Fsp3) is 0.235. The van der Waals surface area contributed by atoms with Crippen molar-refractivity contribution in [2.75, 3.05) is 12.3 Å². The van der Waals surface area contributed by atoms with Crippen LogP contribution in [0.25, 0.3) is 0 Å². The second-order valence-electron chi connectivity index (χ2n) is 5.09. The second-order valence-corrected chi connectivity index (χ2v) is 6.28. The van der Waals surface area contributed by atoms with E-state index in [2.05, 4.69) is 0 Å². The Bertz CT molecular complexity index is 656. The van der Waals surface area contributed by atoms with Gasteiger partial charge in [0.05, 0.1) is 0 Å². The summed E-state index contributed by atoms with van der Waals surface area (Å²) in [6.07, 6.45) is 0. The second kappa shape index (κ2) is 5.90. The average Bonchev–Trinajstić information content (AvgIpc) is 2.97. The highest BCUT2D eigenvalue weighted by Gasteiger charge is 2.31. The molecule has 21 heavy (non-hydrogen) atoms. The average molecular weight is 301 g/mol. The molecule has 4 heteroatoms. The largest absolute Gasteiger partial charge is 0.322 e. The van der Waals surface area contributed by atoms with Crippen molar-refractivity contribution in [2.24, 2.45) is 0 Å². The van der Waals surface area contributed by atoms with Gasteiger partial charge in [-0.05, 0) is 36.2 Å². The molecule has 0 spiro atoms. The third-order valence-corrected chi connectivity index (χ3v) is 4.94. The van der Waals surface area contributed by atoms with Crippen LogP contribution in [0.1, 0.15) is 26.9 Å². The lowest BCUT2D eigenvalue weighted by molar-refractivity contribution is 0.0759. The Labute approximate surface area is 128 Å². The number of carbonyl (C=O) groups excluding carboxylic acids is 1. The number of thioether (sulfide) groups is 1. The van der Waals surface area contributed by atoms with Crippen LogP contribution < -0.4 is 0 Å². The summed E-state index contributed by atoms with van der Waals surface area (Å²) in [6.45, 7) is 2.67. The quantitative estimate of drug-likeness (QED) is 0.835. The summed E-state index contributed by atoms with van der Waals surface area (Å²) < 4.78 is 13.1. The van der Waals surface area contributed by atoms with E-state index < -0.39 is 0 Å². The Hall–Kier alpha value is -1.81. The Morgan fingerprint density at radius 3 is 2.62 bits per heavy atom. The Morgan fingerprint density at radius 2 is 1.90 bits per heavy atom. The van der Waals surface area contributed by atoms with Gasteiger partial charge in [-0.2, -0.15) is 0 Å². The summed E-state index contributed by atoms with van der Waals surface area (Å²) in [4.78, 5) is 14.6. The van der Waals surface area contributed by atoms with E-state index in [1.54, 1.807) is 23.9 Å². The zero-order chi connectivity index (χ0) is 14.8. The van der Waals surface area contributed by atoms with E-state index >= 15 is 0 Å². The highest BCUT2D eigenvalue weighted by atomic mass is 32.2. The summed E-state index contributed by atoms with van der Waals surface area (Å²) >= 11 is 1.72. The van der Waals surface area contributed by atoms with Crippen molar-refractivity contribution in [3.8, 4) is 0 Å². The Kier molecular flexibility index (Phi) is 3.97. The molecule has 0 radical (unpaired) electrons. The Balaban J connectivity index is 1.89. The zero-order valence-corrected chi connectivity index (χ0v) is 12.6. The number of benzene rings is 2. The fourth-order valence-electron chi connectivity index (χ4n) is 2.55. The summed E-state index contributed by atoms with van der Waals surface area (Å²) in [6, 6.07) is 14.0. The van der Waals surface area contributed by atoms with Crippen LogP contribution in [0.3, 0.4) is 0 Å². The maximum Gasteiger partial charge on any atom is 0.255 e. The molecule has 0 saturated carbocycles. The van der Waals surface area contributed by atoms with E-state index in [9.17, 15) is 9.18 Å². The minimum absolute atomic E-state index is 0.0299. The van der Waals surface area contributed by atoms with E-state index in [4.69, 9.17) is 0 Å². The highest BCUT2D eigenvalue weighted by Crippen LogP contribution is 2.38. The predicted molar refractivity (Wildman–Crippen MR) is 83.8 cm³/mol. The highest BCUT2D eigenvalue weighted by molar-refractivity contribution is 7.99. The number of carbonyl (C=O) groups is 1. The van der Waals surface area contributed by atoms with Gasteiger partial charge in [-0.1, -0.05) is 30.3 Å². The number of nitrogens with zero attached hydrogens (tertiary/aromatic N) is 1. The molecule has 2 aromatic rings. The van der Waals surface area contributed by atoms with E-state index in [0.717, 1.165) is 29.0 Å². The molecule has 2 aromatic carbocycles. The van der Waals surface area contributed by atoms with Crippen molar-refractivity contribution in [3.63, 3.8) is 0 Å². The molecule has 3 rings (SSSR count). The molecule has 1 atom stereocenters. The minimum Gasteiger partial charge on any atom is -0.322 e. The van der Waals surface area contributed by atoms with Crippen LogP contribution in [-0.4, -0.2) is 23.1 Å². The summed E-state index contributed by atoms with van der Waals surface area (Å²) in [5.41, 5.74) is 2.70. The standard InChI is InChI=1S/C17H16FNOS/c1-12-4-2-3-5-15(12)16(20)19-10-11-21-17(19)13-6-8-14(18)9-7-13/h2-9,17H,10-11H2,1H3/t17-/m0/s1. The Morgan fingerprint density at radius 1 is 1.19 bits per heavy atom. The zero-order valence-electron chi connectivity index (χ0n) is 11.8. The van der Waals surface area contributed by atoms with Gasteiger partial charge in [-0.25, -0.2) is 4.39 Å². The normalized spacial score (nSPS) is 18.0. The first kappa shape index (κ1) is 14.1. The molecule has 0 aliphatic carbocycles. The number of rotatable bonds is 2. The molecule has 1 heterocycles. The van der Waals surface area contributed by atoms with Crippen LogP contribution >= 0.6 is 11.8 Å². The molecule has 1 saturated heterocycles. The van der Waals surface area contributed by atoms with Crippen LogP contribution in [0.4, 0.5) is 4.39 Å². The van der Waals surface area contributed by atoms with Gasteiger partial charge in [0.15, 0.2) is 0 Å². The molecule has 1 aliphatic rings. The van der Waals surface area contributed by atoms with E-state index in [0.29, 0.717) is 0 Å². The maximum absolute atomic E-state index is 13.1. The van der Waals surface area contributed by atoms with Crippen LogP contribution in [0.5, 0.6) is 0 Å². The molecule has 0 N–H and O–H groups in total. The monoisotopic (exact) mass is 301 g/mol. The van der Waals surface area contributed by atoms with Crippen LogP contribution in [0.15, 0.2) is 48.5 Å². The molecular formula is C17H16FNOS. The first-order valence-electron chi connectivity index (χ1n) is 6.90. The van der Waals surface area contributed by atoms with E-state index in [-0.39, 0.29) is 17.1 Å². The van der Waals surface area contributed by atoms with Gasteiger partial charge in [0.1, 0.15) is 11.2 Å². The van der Waals surface area contributed by atoms with E-state index in [1.165, 1.54) is 12.1 Å². The smallest absolute Gasteiger partial charge is 0.255 e. The van der Waals surface area contributed by atoms with Gasteiger partial charge in [-0.3, -0.25) is 4.79 Å². The molecule has 1 fully saturated rings. The van der Waals surface area contributed by atoms with Crippen LogP contribution in [0.2, 0.25) is 0 Å². The van der Waals surface area contributed by atoms with Crippen molar-refractivity contribution >= 4 is 17.7 Å². The van der Waals surface area contributed by atoms with Crippen LogP contribution in [0, 0.1) is 12.7 Å². The fourth-order valence-corrected chi connectivity index (χ4v) is 3.81. The van der Waals surface area contributed by atoms with Gasteiger partial charge >= 0.3 is 0 Å². The number of hydrogen-bond donors (Lipinski definition) is 0. The first-order chi connectivity index (χ1) is 10.2. The van der Waals surface area contributed by atoms with Crippen molar-refractivity contribution in [1.82, 2.24) is 4.90 Å². The molecule has 108 valence electrons. The molecule has 0 unspecified atom stereocenters. The van der Waals surface area contributed by atoms with Gasteiger partial charge in [0.25, 0.3) is 5.91 Å². The lowest BCUT2D eigenvalue weighted by atomic mass is 10.1. The molecule has 0 bridgehead atoms. The van der Waals surface area contributed by atoms with Crippen LogP contribution in [-0.2, 0) is 0 Å². The topological polar surface area (TPSA) is 20.3 Å². The molecule has 1 aliphatic heterocycles.